The minimum atomic E-state index is -0.974. The molecule has 0 unspecified atom stereocenters. The fourth-order valence-electron chi connectivity index (χ4n) is 1.75. The molecule has 0 fully saturated rings. The molecule has 0 aliphatic rings. The minimum Gasteiger partial charge on any atom is -0.478 e. The first-order chi connectivity index (χ1) is 9.13. The molecule has 1 aromatic heterocycles. The average molecular weight is 278 g/mol. The first-order valence-corrected chi connectivity index (χ1v) is 6.44. The monoisotopic (exact) mass is 278 g/mol. The summed E-state index contributed by atoms with van der Waals surface area (Å²) in [6.45, 7) is 2.15. The van der Waals surface area contributed by atoms with E-state index in [9.17, 15) is 9.90 Å². The number of para-hydroxylation sites is 1. The highest BCUT2D eigenvalue weighted by Crippen LogP contribution is 2.29. The van der Waals surface area contributed by atoms with Crippen LogP contribution in [0.3, 0.4) is 0 Å². The zero-order valence-corrected chi connectivity index (χ0v) is 11.5. The maximum absolute atomic E-state index is 11.2. The predicted octanol–water partition coefficient (Wildman–Crippen LogP) is 3.04. The molecule has 0 saturated heterocycles. The van der Waals surface area contributed by atoms with Gasteiger partial charge in [-0.25, -0.2) is 4.79 Å². The molecule has 0 spiro atoms. The summed E-state index contributed by atoms with van der Waals surface area (Å²) < 4.78 is 9.20. The van der Waals surface area contributed by atoms with Crippen LogP contribution in [-0.4, -0.2) is 22.6 Å². The summed E-state index contributed by atoms with van der Waals surface area (Å²) in [5, 5.41) is 12.8. The van der Waals surface area contributed by atoms with Crippen LogP contribution in [0.4, 0.5) is 10.7 Å². The molecule has 1 aromatic carbocycles. The van der Waals surface area contributed by atoms with Crippen LogP contribution in [0, 0.1) is 6.92 Å². The molecule has 0 radical (unpaired) electrons. The number of aromatic carboxylic acids is 1. The Morgan fingerprint density at radius 1 is 1.47 bits per heavy atom. The average Bonchev–Trinajstić information content (AvgIpc) is 2.73. The van der Waals surface area contributed by atoms with E-state index in [0.29, 0.717) is 17.3 Å². The molecule has 6 heteroatoms. The fourth-order valence-corrected chi connectivity index (χ4v) is 2.55. The molecule has 1 heterocycles. The van der Waals surface area contributed by atoms with Gasteiger partial charge in [-0.05, 0) is 24.5 Å². The number of rotatable bonds is 5. The Hall–Kier alpha value is -1.92. The molecule has 0 bridgehead atoms. The van der Waals surface area contributed by atoms with Crippen molar-refractivity contribution in [2.24, 2.45) is 0 Å². The van der Waals surface area contributed by atoms with E-state index in [1.807, 2.05) is 24.3 Å². The van der Waals surface area contributed by atoms with Crippen LogP contribution in [-0.2, 0) is 11.3 Å². The second-order valence-corrected chi connectivity index (χ2v) is 4.77. The summed E-state index contributed by atoms with van der Waals surface area (Å²) in [5.41, 5.74) is 2.53. The molecule has 2 N–H and O–H groups in total. The van der Waals surface area contributed by atoms with Crippen LogP contribution in [0.2, 0.25) is 0 Å². The van der Waals surface area contributed by atoms with E-state index < -0.39 is 5.97 Å². The van der Waals surface area contributed by atoms with Crippen LogP contribution in [0.1, 0.15) is 21.6 Å². The van der Waals surface area contributed by atoms with Gasteiger partial charge in [0.25, 0.3) is 0 Å². The number of carbonyl (C=O) groups is 1. The molecule has 0 saturated carbocycles. The summed E-state index contributed by atoms with van der Waals surface area (Å²) in [6.07, 6.45) is 0. The molecular formula is C13H14N2O3S. The van der Waals surface area contributed by atoms with Gasteiger partial charge < -0.3 is 15.2 Å². The number of hydrogen-bond donors (Lipinski definition) is 2. The van der Waals surface area contributed by atoms with Crippen LogP contribution in [0.5, 0.6) is 0 Å². The van der Waals surface area contributed by atoms with Crippen molar-refractivity contribution in [2.75, 3.05) is 12.4 Å². The minimum absolute atomic E-state index is 0.220. The predicted molar refractivity (Wildman–Crippen MR) is 74.2 cm³/mol. The Morgan fingerprint density at radius 2 is 2.21 bits per heavy atom. The van der Waals surface area contributed by atoms with E-state index in [2.05, 4.69) is 9.69 Å². The Morgan fingerprint density at radius 3 is 2.89 bits per heavy atom. The highest BCUT2D eigenvalue weighted by Gasteiger charge is 2.18. The number of aryl methyl sites for hydroxylation is 1. The zero-order chi connectivity index (χ0) is 13.8. The highest BCUT2D eigenvalue weighted by molar-refractivity contribution is 7.10. The smallest absolute Gasteiger partial charge is 0.340 e. The van der Waals surface area contributed by atoms with Crippen molar-refractivity contribution in [3.8, 4) is 0 Å². The molecule has 0 atom stereocenters. The van der Waals surface area contributed by atoms with E-state index in [0.717, 1.165) is 22.8 Å². The van der Waals surface area contributed by atoms with E-state index >= 15 is 0 Å². The van der Waals surface area contributed by atoms with Crippen LogP contribution >= 0.6 is 11.5 Å². The van der Waals surface area contributed by atoms with Gasteiger partial charge in [-0.1, -0.05) is 18.2 Å². The summed E-state index contributed by atoms with van der Waals surface area (Å²) in [5.74, 6) is -0.974. The normalized spacial score (nSPS) is 10.4. The Bertz CT molecular complexity index is 595. The highest BCUT2D eigenvalue weighted by atomic mass is 32.1. The first kappa shape index (κ1) is 13.5. The van der Waals surface area contributed by atoms with Crippen molar-refractivity contribution < 1.29 is 14.6 Å². The number of nitrogens with zero attached hydrogens (tertiary/aromatic N) is 1. The third-order valence-corrected chi connectivity index (χ3v) is 3.50. The number of aromatic nitrogens is 1. The Balaban J connectivity index is 2.34. The second-order valence-electron chi connectivity index (χ2n) is 3.99. The topological polar surface area (TPSA) is 71.5 Å². The van der Waals surface area contributed by atoms with Gasteiger partial charge in [-0.2, -0.15) is 4.37 Å². The lowest BCUT2D eigenvalue weighted by Gasteiger charge is -2.10. The lowest BCUT2D eigenvalue weighted by molar-refractivity contribution is 0.0697. The number of benzene rings is 1. The van der Waals surface area contributed by atoms with Gasteiger partial charge in [-0.15, -0.1) is 0 Å². The molecule has 19 heavy (non-hydrogen) atoms. The molecule has 2 rings (SSSR count). The maximum Gasteiger partial charge on any atom is 0.340 e. The van der Waals surface area contributed by atoms with Crippen molar-refractivity contribution >= 4 is 28.2 Å². The van der Waals surface area contributed by atoms with Crippen molar-refractivity contribution in [3.05, 3.63) is 41.1 Å². The lowest BCUT2D eigenvalue weighted by atomic mass is 10.2. The summed E-state index contributed by atoms with van der Waals surface area (Å²) in [4.78, 5) is 11.2. The van der Waals surface area contributed by atoms with Gasteiger partial charge in [0, 0.05) is 18.4 Å². The van der Waals surface area contributed by atoms with Crippen molar-refractivity contribution in [1.82, 2.24) is 4.37 Å². The largest absolute Gasteiger partial charge is 0.478 e. The summed E-state index contributed by atoms with van der Waals surface area (Å²) >= 11 is 1.14. The molecular weight excluding hydrogens is 264 g/mol. The van der Waals surface area contributed by atoms with Gasteiger partial charge in [0.15, 0.2) is 0 Å². The number of nitrogens with one attached hydrogen (secondary N) is 1. The summed E-state index contributed by atoms with van der Waals surface area (Å²) in [6, 6.07) is 7.61. The van der Waals surface area contributed by atoms with E-state index in [4.69, 9.17) is 4.74 Å². The number of anilines is 2. The van der Waals surface area contributed by atoms with Crippen molar-refractivity contribution in [1.29, 1.82) is 0 Å². The number of carboxylic acids is 1. The first-order valence-electron chi connectivity index (χ1n) is 5.67. The quantitative estimate of drug-likeness (QED) is 0.879. The molecule has 0 aliphatic carbocycles. The number of methoxy groups -OCH3 is 1. The maximum atomic E-state index is 11.2. The number of hydrogen-bond acceptors (Lipinski definition) is 5. The van der Waals surface area contributed by atoms with Crippen molar-refractivity contribution in [2.45, 2.75) is 13.5 Å². The summed E-state index contributed by atoms with van der Waals surface area (Å²) in [7, 11) is 1.62. The molecule has 2 aromatic rings. The molecule has 100 valence electrons. The Labute approximate surface area is 115 Å². The number of carboxylic acid groups (broad SMARTS) is 1. The van der Waals surface area contributed by atoms with Crippen LogP contribution in [0.15, 0.2) is 24.3 Å². The van der Waals surface area contributed by atoms with Gasteiger partial charge in [0.2, 0.25) is 0 Å². The van der Waals surface area contributed by atoms with Crippen molar-refractivity contribution in [3.63, 3.8) is 0 Å². The third-order valence-electron chi connectivity index (χ3n) is 2.64. The van der Waals surface area contributed by atoms with Crippen LogP contribution < -0.4 is 5.32 Å². The lowest BCUT2D eigenvalue weighted by Crippen LogP contribution is -2.03. The van der Waals surface area contributed by atoms with E-state index in [1.54, 1.807) is 14.0 Å². The van der Waals surface area contributed by atoms with E-state index in [1.165, 1.54) is 0 Å². The number of ether oxygens (including phenoxy) is 1. The second kappa shape index (κ2) is 5.81. The SMILES string of the molecule is COCc1ccccc1Nc1snc(C)c1C(=O)O. The fraction of sp³-hybridized carbons (Fsp3) is 0.231. The van der Waals surface area contributed by atoms with Gasteiger partial charge in [-0.3, -0.25) is 0 Å². The standard InChI is InChI=1S/C13H14N2O3S/c1-8-11(13(16)17)12(19-15-8)14-10-6-4-3-5-9(10)7-18-2/h3-6,14H,7H2,1-2H3,(H,16,17). The Kier molecular flexibility index (Phi) is 4.13. The zero-order valence-electron chi connectivity index (χ0n) is 10.6. The van der Waals surface area contributed by atoms with Gasteiger partial charge >= 0.3 is 5.97 Å². The van der Waals surface area contributed by atoms with Gasteiger partial charge in [0.05, 0.1) is 12.3 Å². The third kappa shape index (κ3) is 2.91. The molecule has 0 amide bonds. The van der Waals surface area contributed by atoms with E-state index in [-0.39, 0.29) is 5.56 Å². The van der Waals surface area contributed by atoms with Crippen LogP contribution in [0.25, 0.3) is 0 Å². The van der Waals surface area contributed by atoms with Gasteiger partial charge in [0.1, 0.15) is 10.6 Å². The molecule has 5 nitrogen and oxygen atoms in total. The molecule has 0 aliphatic heterocycles.